The van der Waals surface area contributed by atoms with E-state index in [9.17, 15) is 9.59 Å². The number of anilines is 1. The molecular weight excluding hydrogens is 410 g/mol. The molecule has 2 aromatic carbocycles. The minimum atomic E-state index is -0.380. The van der Waals surface area contributed by atoms with Gasteiger partial charge in [-0.25, -0.2) is 0 Å². The molecule has 4 aromatic rings. The van der Waals surface area contributed by atoms with E-state index in [0.29, 0.717) is 11.4 Å². The fraction of sp³-hybridized carbons (Fsp3) is 0.0526. The third-order valence-corrected chi connectivity index (χ3v) is 4.47. The Kier molecular flexibility index (Phi) is 4.33. The highest BCUT2D eigenvalue weighted by molar-refractivity contribution is 9.10. The van der Waals surface area contributed by atoms with Gasteiger partial charge in [0.1, 0.15) is 5.82 Å². The Bertz CT molecular complexity index is 1210. The van der Waals surface area contributed by atoms with E-state index in [2.05, 4.69) is 36.3 Å². The van der Waals surface area contributed by atoms with E-state index in [1.807, 2.05) is 37.3 Å². The van der Waals surface area contributed by atoms with Crippen molar-refractivity contribution in [1.82, 2.24) is 19.6 Å². The van der Waals surface area contributed by atoms with Crippen molar-refractivity contribution in [3.63, 3.8) is 0 Å². The van der Waals surface area contributed by atoms with E-state index in [0.717, 1.165) is 15.6 Å². The maximum absolute atomic E-state index is 12.5. The molecule has 0 fully saturated rings. The molecule has 2 N–H and O–H groups in total. The number of aryl methyl sites for hydroxylation is 1. The zero-order valence-electron chi connectivity index (χ0n) is 14.2. The van der Waals surface area contributed by atoms with Gasteiger partial charge in [-0.05, 0) is 25.1 Å². The lowest BCUT2D eigenvalue weighted by Crippen LogP contribution is -2.18. The van der Waals surface area contributed by atoms with Crippen molar-refractivity contribution in [2.45, 2.75) is 6.92 Å². The number of rotatable bonds is 3. The maximum Gasteiger partial charge on any atom is 0.256 e. The predicted octanol–water partition coefficient (Wildman–Crippen LogP) is 3.41. The van der Waals surface area contributed by atoms with Crippen LogP contribution in [0.4, 0.5) is 5.82 Å². The lowest BCUT2D eigenvalue weighted by atomic mass is 10.1. The van der Waals surface area contributed by atoms with Crippen LogP contribution in [-0.2, 0) is 0 Å². The van der Waals surface area contributed by atoms with Crippen molar-refractivity contribution in [2.75, 3.05) is 5.32 Å². The number of nitrogens with one attached hydrogen (secondary N) is 2. The fourth-order valence-corrected chi connectivity index (χ4v) is 3.02. The fourth-order valence-electron chi connectivity index (χ4n) is 2.62. The predicted molar refractivity (Wildman–Crippen MR) is 106 cm³/mol. The smallest absolute Gasteiger partial charge is 0.256 e. The first-order valence-corrected chi connectivity index (χ1v) is 8.93. The van der Waals surface area contributed by atoms with Crippen LogP contribution in [0, 0.1) is 6.92 Å². The molecule has 1 amide bonds. The van der Waals surface area contributed by atoms with Gasteiger partial charge < -0.3 is 5.32 Å². The molecule has 0 bridgehead atoms. The summed E-state index contributed by atoms with van der Waals surface area (Å²) in [5.74, 6) is 0.595. The zero-order chi connectivity index (χ0) is 19.0. The summed E-state index contributed by atoms with van der Waals surface area (Å²) < 4.78 is 2.19. The second-order valence-corrected chi connectivity index (χ2v) is 6.94. The van der Waals surface area contributed by atoms with Crippen LogP contribution in [0.1, 0.15) is 15.9 Å². The van der Waals surface area contributed by atoms with Crippen molar-refractivity contribution in [2.24, 2.45) is 0 Å². The number of carbonyl (C=O) groups excluding carboxylic acids is 1. The molecule has 134 valence electrons. The van der Waals surface area contributed by atoms with Crippen LogP contribution in [0.2, 0.25) is 0 Å². The molecule has 0 radical (unpaired) electrons. The summed E-state index contributed by atoms with van der Waals surface area (Å²) >= 11 is 3.34. The lowest BCUT2D eigenvalue weighted by molar-refractivity contribution is 0.102. The van der Waals surface area contributed by atoms with Crippen LogP contribution in [0.25, 0.3) is 17.2 Å². The summed E-state index contributed by atoms with van der Waals surface area (Å²) in [6.45, 7) is 1.99. The van der Waals surface area contributed by atoms with Crippen molar-refractivity contribution in [3.05, 3.63) is 80.6 Å². The van der Waals surface area contributed by atoms with Crippen molar-refractivity contribution in [3.8, 4) is 11.4 Å². The molecule has 2 aromatic heterocycles. The minimum absolute atomic E-state index is 0.240. The van der Waals surface area contributed by atoms with Gasteiger partial charge in [0, 0.05) is 21.7 Å². The Morgan fingerprint density at radius 1 is 1.15 bits per heavy atom. The zero-order valence-corrected chi connectivity index (χ0v) is 15.8. The molecule has 8 heteroatoms. The Morgan fingerprint density at radius 2 is 1.93 bits per heavy atom. The van der Waals surface area contributed by atoms with E-state index in [4.69, 9.17) is 0 Å². The van der Waals surface area contributed by atoms with Crippen LogP contribution in [0.3, 0.4) is 0 Å². The van der Waals surface area contributed by atoms with Crippen LogP contribution < -0.4 is 10.9 Å². The van der Waals surface area contributed by atoms with Gasteiger partial charge in [-0.2, -0.15) is 9.50 Å². The van der Waals surface area contributed by atoms with Gasteiger partial charge in [0.05, 0.1) is 0 Å². The number of nitrogens with zero attached hydrogens (tertiary/aromatic N) is 3. The summed E-state index contributed by atoms with van der Waals surface area (Å²) in [4.78, 5) is 31.5. The number of amides is 1. The van der Waals surface area contributed by atoms with Gasteiger partial charge in [-0.1, -0.05) is 51.8 Å². The first-order valence-electron chi connectivity index (χ1n) is 8.14. The third kappa shape index (κ3) is 3.52. The molecule has 0 spiro atoms. The van der Waals surface area contributed by atoms with Gasteiger partial charge in [0.25, 0.3) is 11.5 Å². The molecule has 4 rings (SSSR count). The first kappa shape index (κ1) is 17.2. The van der Waals surface area contributed by atoms with Crippen molar-refractivity contribution < 1.29 is 4.79 Å². The molecule has 0 saturated carbocycles. The number of aromatic amines is 1. The standard InChI is InChI=1S/C19H14BrN5O2/c1-11-5-7-12(8-6-11)17-23-19-22-16(26)10-15(25(19)24-17)21-18(27)13-3-2-4-14(20)9-13/h2-10H,1H3,(H,21,27)(H,22,23,24,26). The molecule has 27 heavy (non-hydrogen) atoms. The monoisotopic (exact) mass is 423 g/mol. The van der Waals surface area contributed by atoms with Crippen LogP contribution >= 0.6 is 15.9 Å². The lowest BCUT2D eigenvalue weighted by Gasteiger charge is -2.06. The SMILES string of the molecule is Cc1ccc(-c2nc3[nH]c(=O)cc(NC(=O)c4cccc(Br)c4)n3n2)cc1. The largest absolute Gasteiger partial charge is 0.306 e. The number of carbonyl (C=O) groups is 1. The van der Waals surface area contributed by atoms with E-state index < -0.39 is 0 Å². The van der Waals surface area contributed by atoms with Crippen molar-refractivity contribution >= 4 is 33.4 Å². The topological polar surface area (TPSA) is 92.1 Å². The third-order valence-electron chi connectivity index (χ3n) is 3.98. The highest BCUT2D eigenvalue weighted by atomic mass is 79.9. The Hall–Kier alpha value is -3.26. The van der Waals surface area contributed by atoms with Crippen LogP contribution in [0.5, 0.6) is 0 Å². The minimum Gasteiger partial charge on any atom is -0.306 e. The number of H-pyrrole nitrogens is 1. The van der Waals surface area contributed by atoms with E-state index in [1.165, 1.54) is 10.6 Å². The number of halogens is 1. The van der Waals surface area contributed by atoms with Gasteiger partial charge >= 0.3 is 0 Å². The highest BCUT2D eigenvalue weighted by Gasteiger charge is 2.14. The van der Waals surface area contributed by atoms with E-state index in [-0.39, 0.29) is 23.1 Å². The summed E-state index contributed by atoms with van der Waals surface area (Å²) in [6, 6.07) is 16.0. The van der Waals surface area contributed by atoms with Gasteiger partial charge in [-0.3, -0.25) is 14.6 Å². The average molecular weight is 424 g/mol. The second kappa shape index (κ2) is 6.81. The number of benzene rings is 2. The first-order chi connectivity index (χ1) is 13.0. The van der Waals surface area contributed by atoms with E-state index in [1.54, 1.807) is 18.2 Å². The Morgan fingerprint density at radius 3 is 2.67 bits per heavy atom. The number of hydrogen-bond acceptors (Lipinski definition) is 4. The molecule has 2 heterocycles. The summed E-state index contributed by atoms with van der Waals surface area (Å²) in [7, 11) is 0. The maximum atomic E-state index is 12.5. The molecule has 0 aliphatic heterocycles. The quantitative estimate of drug-likeness (QED) is 0.527. The Labute approximate surface area is 162 Å². The highest BCUT2D eigenvalue weighted by Crippen LogP contribution is 2.18. The second-order valence-electron chi connectivity index (χ2n) is 6.02. The number of fused-ring (bicyclic) bond motifs is 1. The van der Waals surface area contributed by atoms with Gasteiger partial charge in [-0.15, -0.1) is 5.10 Å². The molecule has 7 nitrogen and oxygen atoms in total. The van der Waals surface area contributed by atoms with Crippen molar-refractivity contribution in [1.29, 1.82) is 0 Å². The Balaban J connectivity index is 1.75. The molecular formula is C19H14BrN5O2. The molecule has 0 saturated heterocycles. The average Bonchev–Trinajstić information content (AvgIpc) is 3.06. The number of aromatic nitrogens is 4. The summed E-state index contributed by atoms with van der Waals surface area (Å²) in [5, 5.41) is 7.15. The summed E-state index contributed by atoms with van der Waals surface area (Å²) in [5.41, 5.74) is 2.01. The van der Waals surface area contributed by atoms with Gasteiger partial charge in [0.2, 0.25) is 5.78 Å². The van der Waals surface area contributed by atoms with Crippen LogP contribution in [0.15, 0.2) is 63.9 Å². The van der Waals surface area contributed by atoms with E-state index >= 15 is 0 Å². The molecule has 0 atom stereocenters. The van der Waals surface area contributed by atoms with Gasteiger partial charge in [0.15, 0.2) is 5.82 Å². The summed E-state index contributed by atoms with van der Waals surface area (Å²) in [6.07, 6.45) is 0. The normalized spacial score (nSPS) is 10.9. The molecule has 0 aliphatic carbocycles. The van der Waals surface area contributed by atoms with Crippen LogP contribution in [-0.4, -0.2) is 25.5 Å². The molecule has 0 aliphatic rings. The number of hydrogen-bond donors (Lipinski definition) is 2. The molecule has 0 unspecified atom stereocenters.